The molecule has 1 rings (SSSR count). The van der Waals surface area contributed by atoms with Crippen LogP contribution in [0.25, 0.3) is 0 Å². The Bertz CT molecular complexity index is 365. The second-order valence-corrected chi connectivity index (χ2v) is 5.95. The molecule has 6 heteroatoms. The second kappa shape index (κ2) is 7.41. The number of hydrogen-bond donors (Lipinski definition) is 2. The Morgan fingerprint density at radius 3 is 2.94 bits per heavy atom. The van der Waals surface area contributed by atoms with Gasteiger partial charge in [-0.1, -0.05) is 19.8 Å². The number of unbranched alkanes of at least 4 members (excludes halogenated alkanes) is 2. The van der Waals surface area contributed by atoms with E-state index in [1.807, 2.05) is 0 Å². The molecule has 1 heterocycles. The van der Waals surface area contributed by atoms with Gasteiger partial charge in [0, 0.05) is 18.8 Å². The van der Waals surface area contributed by atoms with Crippen molar-refractivity contribution in [3.8, 4) is 0 Å². The van der Waals surface area contributed by atoms with E-state index in [0.29, 0.717) is 12.6 Å². The first-order chi connectivity index (χ1) is 8.15. The lowest BCUT2D eigenvalue weighted by molar-refractivity contribution is -0.112. The molecule has 2 atom stereocenters. The van der Waals surface area contributed by atoms with Crippen LogP contribution in [-0.2, 0) is 15.8 Å². The van der Waals surface area contributed by atoms with Crippen molar-refractivity contribution < 1.29 is 9.36 Å². The van der Waals surface area contributed by atoms with Crippen LogP contribution in [0.1, 0.15) is 31.9 Å². The Morgan fingerprint density at radius 1 is 1.59 bits per heavy atom. The van der Waals surface area contributed by atoms with Crippen LogP contribution in [0, 0.1) is 0 Å². The van der Waals surface area contributed by atoms with Crippen LogP contribution in [0.2, 0.25) is 0 Å². The highest BCUT2D eigenvalue weighted by molar-refractivity contribution is 7.63. The van der Waals surface area contributed by atoms with E-state index in [1.165, 1.54) is 6.33 Å². The van der Waals surface area contributed by atoms with Crippen molar-refractivity contribution in [2.75, 3.05) is 6.16 Å². The molecule has 0 radical (unpaired) electrons. The Balaban J connectivity index is 2.38. The minimum Gasteiger partial charge on any atom is -0.351 e. The van der Waals surface area contributed by atoms with Gasteiger partial charge in [-0.2, -0.15) is 0 Å². The van der Waals surface area contributed by atoms with Gasteiger partial charge in [0.25, 0.3) is 0 Å². The predicted octanol–water partition coefficient (Wildman–Crippen LogP) is 1.56. The third kappa shape index (κ3) is 4.84. The van der Waals surface area contributed by atoms with Gasteiger partial charge in [0.15, 0.2) is 0 Å². The number of nitrogens with one attached hydrogen (secondary N) is 1. The maximum Gasteiger partial charge on any atom is 0.205 e. The number of nitrogens with two attached hydrogens (primary N) is 1. The van der Waals surface area contributed by atoms with Crippen molar-refractivity contribution in [3.63, 3.8) is 0 Å². The number of hydrogen-bond acceptors (Lipinski definition) is 4. The van der Waals surface area contributed by atoms with Gasteiger partial charge in [0.05, 0.1) is 18.1 Å². The molecule has 1 unspecified atom stereocenters. The fourth-order valence-electron chi connectivity index (χ4n) is 1.59. The minimum atomic E-state index is -2.19. The fourth-order valence-corrected chi connectivity index (χ4v) is 2.92. The van der Waals surface area contributed by atoms with E-state index in [2.05, 4.69) is 16.9 Å². The first-order valence-corrected chi connectivity index (χ1v) is 7.57. The molecule has 0 aliphatic rings. The predicted molar refractivity (Wildman–Crippen MR) is 68.7 cm³/mol. The van der Waals surface area contributed by atoms with Crippen LogP contribution in [0.5, 0.6) is 0 Å². The molecule has 5 nitrogen and oxygen atoms in total. The van der Waals surface area contributed by atoms with E-state index < -0.39 is 13.8 Å². The van der Waals surface area contributed by atoms with E-state index in [0.717, 1.165) is 25.0 Å². The Labute approximate surface area is 102 Å². The highest BCUT2D eigenvalue weighted by atomic mass is 31.1. The summed E-state index contributed by atoms with van der Waals surface area (Å²) in [5, 5.41) is 0. The van der Waals surface area contributed by atoms with Crippen molar-refractivity contribution in [2.24, 2.45) is 5.73 Å². The molecule has 1 aromatic rings. The molecule has 0 aromatic carbocycles. The molecule has 0 bridgehead atoms. The molecule has 1 aromatic heterocycles. The number of aromatic nitrogens is 2. The molecular formula is C11H20N3O2P. The zero-order valence-corrected chi connectivity index (χ0v) is 11.1. The second-order valence-electron chi connectivity index (χ2n) is 4.12. The molecule has 0 amide bonds. The fraction of sp³-hybridized carbons (Fsp3) is 0.636. The average Bonchev–Trinajstić information content (AvgIpc) is 2.81. The van der Waals surface area contributed by atoms with E-state index in [9.17, 15) is 9.36 Å². The van der Waals surface area contributed by atoms with Gasteiger partial charge >= 0.3 is 0 Å². The first-order valence-electron chi connectivity index (χ1n) is 5.95. The van der Waals surface area contributed by atoms with Gasteiger partial charge in [0.1, 0.15) is 7.80 Å². The average molecular weight is 257 g/mol. The summed E-state index contributed by atoms with van der Waals surface area (Å²) in [6.45, 7) is 2.07. The highest BCUT2D eigenvalue weighted by Gasteiger charge is 2.20. The largest absolute Gasteiger partial charge is 0.351 e. The molecule has 0 saturated heterocycles. The van der Waals surface area contributed by atoms with Gasteiger partial charge in [-0.15, -0.1) is 0 Å². The molecule has 0 saturated carbocycles. The summed E-state index contributed by atoms with van der Waals surface area (Å²) >= 11 is 0. The van der Waals surface area contributed by atoms with Gasteiger partial charge in [-0.05, 0) is 6.42 Å². The summed E-state index contributed by atoms with van der Waals surface area (Å²) in [6.07, 6.45) is 6.99. The molecule has 17 heavy (non-hydrogen) atoms. The van der Waals surface area contributed by atoms with Crippen molar-refractivity contribution >= 4 is 13.3 Å². The van der Waals surface area contributed by atoms with Gasteiger partial charge in [-0.25, -0.2) is 4.98 Å². The quantitative estimate of drug-likeness (QED) is 0.546. The number of H-pyrrole nitrogens is 1. The van der Waals surface area contributed by atoms with Crippen molar-refractivity contribution in [3.05, 3.63) is 18.2 Å². The van der Waals surface area contributed by atoms with Crippen molar-refractivity contribution in [2.45, 2.75) is 38.6 Å². The van der Waals surface area contributed by atoms with Crippen molar-refractivity contribution in [1.82, 2.24) is 9.97 Å². The maximum absolute atomic E-state index is 11.7. The SMILES string of the molecule is CCCCC[PH](=O)C(=O)[C@@H](N)Cc1c[nH]cn1. The third-order valence-electron chi connectivity index (χ3n) is 2.60. The first kappa shape index (κ1) is 14.1. The topological polar surface area (TPSA) is 88.8 Å². The highest BCUT2D eigenvalue weighted by Crippen LogP contribution is 2.25. The minimum absolute atomic E-state index is 0.297. The lowest BCUT2D eigenvalue weighted by atomic mass is 10.2. The van der Waals surface area contributed by atoms with E-state index in [-0.39, 0.29) is 5.52 Å². The molecule has 3 N–H and O–H groups in total. The summed E-state index contributed by atoms with van der Waals surface area (Å²) < 4.78 is 11.7. The molecule has 96 valence electrons. The maximum atomic E-state index is 11.7. The van der Waals surface area contributed by atoms with Crippen molar-refractivity contribution in [1.29, 1.82) is 0 Å². The van der Waals surface area contributed by atoms with E-state index in [4.69, 9.17) is 5.73 Å². The smallest absolute Gasteiger partial charge is 0.205 e. The normalized spacial score (nSPS) is 14.5. The van der Waals surface area contributed by atoms with Crippen LogP contribution in [0.4, 0.5) is 0 Å². The van der Waals surface area contributed by atoms with E-state index in [1.54, 1.807) is 6.20 Å². The number of imidazole rings is 1. The zero-order valence-electron chi connectivity index (χ0n) is 10.1. The number of aromatic amines is 1. The Morgan fingerprint density at radius 2 is 2.35 bits per heavy atom. The summed E-state index contributed by atoms with van der Waals surface area (Å²) in [4.78, 5) is 18.5. The summed E-state index contributed by atoms with van der Waals surface area (Å²) in [6, 6.07) is -0.689. The molecule has 0 spiro atoms. The molecular weight excluding hydrogens is 237 g/mol. The van der Waals surface area contributed by atoms with Crippen LogP contribution in [-0.4, -0.2) is 27.7 Å². The van der Waals surface area contributed by atoms with E-state index >= 15 is 0 Å². The monoisotopic (exact) mass is 257 g/mol. The molecule has 0 fully saturated rings. The number of carbonyl (C=O) groups excluding carboxylic acids is 1. The lowest BCUT2D eigenvalue weighted by Gasteiger charge is -2.08. The number of rotatable bonds is 8. The van der Waals surface area contributed by atoms with Gasteiger partial charge in [0.2, 0.25) is 5.52 Å². The standard InChI is InChI=1S/C11H20N3O2P/c1-2-3-4-5-17(16)11(15)10(12)6-9-7-13-8-14-9/h7-8,10,17H,2-6,12H2,1H3,(H,13,14)/t10-/m0/s1. The zero-order chi connectivity index (χ0) is 12.7. The summed E-state index contributed by atoms with van der Waals surface area (Å²) in [7, 11) is -2.19. The summed E-state index contributed by atoms with van der Waals surface area (Å²) in [5.41, 5.74) is 6.17. The number of nitrogens with zero attached hydrogens (tertiary/aromatic N) is 1. The third-order valence-corrected chi connectivity index (χ3v) is 4.33. The number of carbonyl (C=O) groups is 1. The Hall–Kier alpha value is -0.930. The Kier molecular flexibility index (Phi) is 6.16. The van der Waals surface area contributed by atoms with Crippen LogP contribution in [0.15, 0.2) is 12.5 Å². The summed E-state index contributed by atoms with van der Waals surface area (Å²) in [5.74, 6) is 0. The van der Waals surface area contributed by atoms with Crippen LogP contribution in [0.3, 0.4) is 0 Å². The van der Waals surface area contributed by atoms with Gasteiger partial charge in [-0.3, -0.25) is 4.79 Å². The lowest BCUT2D eigenvalue weighted by Crippen LogP contribution is -2.31. The van der Waals surface area contributed by atoms with Crippen LogP contribution < -0.4 is 5.73 Å². The van der Waals surface area contributed by atoms with Gasteiger partial charge < -0.3 is 15.3 Å². The molecule has 0 aliphatic heterocycles. The molecule has 0 aliphatic carbocycles. The van der Waals surface area contributed by atoms with Crippen LogP contribution >= 0.6 is 7.80 Å².